The van der Waals surface area contributed by atoms with E-state index in [0.717, 1.165) is 6.42 Å². The molecule has 14 heavy (non-hydrogen) atoms. The van der Waals surface area contributed by atoms with Gasteiger partial charge in [-0.3, -0.25) is 0 Å². The third-order valence-corrected chi connectivity index (χ3v) is 3.76. The molecule has 2 aliphatic carbocycles. The number of nitrogens with zero attached hydrogens (tertiary/aromatic N) is 1. The Morgan fingerprint density at radius 1 is 1.57 bits per heavy atom. The van der Waals surface area contributed by atoms with E-state index in [-0.39, 0.29) is 11.2 Å². The molecule has 3 aliphatic rings. The molecule has 2 atom stereocenters. The van der Waals surface area contributed by atoms with Gasteiger partial charge >= 0.3 is 6.09 Å². The standard InChI is InChI=1S/C10H10FNO2/c11-7-2-1-3-9-4-10(7,9)6-12(5-9)8(13)14/h1-3H,4-6H2,(H,13,14). The second kappa shape index (κ2) is 2.02. The first-order chi connectivity index (χ1) is 6.60. The lowest BCUT2D eigenvalue weighted by Crippen LogP contribution is -2.30. The molecule has 3 nitrogen and oxygen atoms in total. The molecule has 4 heteroatoms. The molecule has 1 saturated heterocycles. The molecule has 0 aromatic rings. The monoisotopic (exact) mass is 195 g/mol. The van der Waals surface area contributed by atoms with E-state index in [4.69, 9.17) is 5.11 Å². The van der Waals surface area contributed by atoms with Crippen molar-refractivity contribution in [1.82, 2.24) is 4.90 Å². The first kappa shape index (κ1) is 8.03. The van der Waals surface area contributed by atoms with Gasteiger partial charge < -0.3 is 10.0 Å². The summed E-state index contributed by atoms with van der Waals surface area (Å²) in [6.07, 6.45) is 4.93. The van der Waals surface area contributed by atoms with Crippen molar-refractivity contribution in [1.29, 1.82) is 0 Å². The maximum Gasteiger partial charge on any atom is 0.407 e. The molecule has 3 rings (SSSR count). The Hall–Kier alpha value is -1.32. The minimum Gasteiger partial charge on any atom is -0.465 e. The van der Waals surface area contributed by atoms with Crippen LogP contribution in [0, 0.1) is 10.8 Å². The molecule has 2 unspecified atom stereocenters. The molecule has 1 amide bonds. The van der Waals surface area contributed by atoms with Crippen molar-refractivity contribution < 1.29 is 14.3 Å². The average molecular weight is 195 g/mol. The molecule has 1 N–H and O–H groups in total. The fourth-order valence-corrected chi connectivity index (χ4v) is 2.92. The summed E-state index contributed by atoms with van der Waals surface area (Å²) in [5.41, 5.74) is -0.718. The summed E-state index contributed by atoms with van der Waals surface area (Å²) in [5, 5.41) is 8.84. The van der Waals surface area contributed by atoms with Gasteiger partial charge in [-0.25, -0.2) is 9.18 Å². The molecule has 1 heterocycles. The Labute approximate surface area is 80.5 Å². The van der Waals surface area contributed by atoms with Crippen LogP contribution in [-0.2, 0) is 0 Å². The van der Waals surface area contributed by atoms with Crippen LogP contribution >= 0.6 is 0 Å². The van der Waals surface area contributed by atoms with Crippen molar-refractivity contribution in [2.45, 2.75) is 6.42 Å². The number of hydrogen-bond acceptors (Lipinski definition) is 1. The third kappa shape index (κ3) is 0.669. The summed E-state index contributed by atoms with van der Waals surface area (Å²) >= 11 is 0. The maximum absolute atomic E-state index is 13.6. The number of hydrogen-bond donors (Lipinski definition) is 1. The van der Waals surface area contributed by atoms with Crippen LogP contribution in [0.3, 0.4) is 0 Å². The van der Waals surface area contributed by atoms with Crippen LogP contribution in [0.1, 0.15) is 6.42 Å². The largest absolute Gasteiger partial charge is 0.465 e. The molecule has 0 radical (unpaired) electrons. The number of allylic oxidation sites excluding steroid dienone is 2. The van der Waals surface area contributed by atoms with Gasteiger partial charge in [-0.05, 0) is 12.5 Å². The zero-order valence-corrected chi connectivity index (χ0v) is 7.53. The Kier molecular flexibility index (Phi) is 1.16. The minimum atomic E-state index is -0.945. The average Bonchev–Trinajstić information content (AvgIpc) is 2.65. The van der Waals surface area contributed by atoms with Crippen molar-refractivity contribution in [3.63, 3.8) is 0 Å². The lowest BCUT2D eigenvalue weighted by Gasteiger charge is -2.16. The lowest BCUT2D eigenvalue weighted by atomic mass is 9.91. The van der Waals surface area contributed by atoms with Crippen molar-refractivity contribution in [2.24, 2.45) is 10.8 Å². The van der Waals surface area contributed by atoms with Crippen LogP contribution in [0.25, 0.3) is 0 Å². The highest BCUT2D eigenvalue weighted by Gasteiger charge is 2.74. The topological polar surface area (TPSA) is 40.5 Å². The summed E-state index contributed by atoms with van der Waals surface area (Å²) in [6, 6.07) is 0. The fourth-order valence-electron chi connectivity index (χ4n) is 2.92. The third-order valence-electron chi connectivity index (χ3n) is 3.76. The van der Waals surface area contributed by atoms with Gasteiger partial charge in [0.25, 0.3) is 0 Å². The number of carbonyl (C=O) groups is 1. The van der Waals surface area contributed by atoms with Crippen LogP contribution in [0.5, 0.6) is 0 Å². The van der Waals surface area contributed by atoms with Crippen molar-refractivity contribution in [3.05, 3.63) is 24.1 Å². The van der Waals surface area contributed by atoms with Gasteiger partial charge in [-0.15, -0.1) is 0 Å². The summed E-state index contributed by atoms with van der Waals surface area (Å²) in [6.45, 7) is 0.759. The molecule has 0 bridgehead atoms. The Morgan fingerprint density at radius 3 is 3.00 bits per heavy atom. The van der Waals surface area contributed by atoms with Gasteiger partial charge in [-0.2, -0.15) is 0 Å². The maximum atomic E-state index is 13.6. The predicted octanol–water partition coefficient (Wildman–Crippen LogP) is 1.78. The number of halogens is 1. The predicted molar refractivity (Wildman–Crippen MR) is 47.4 cm³/mol. The Bertz CT molecular complexity index is 390. The van der Waals surface area contributed by atoms with Crippen molar-refractivity contribution >= 4 is 6.09 Å². The van der Waals surface area contributed by atoms with Crippen LogP contribution in [-0.4, -0.2) is 29.2 Å². The molecule has 0 spiro atoms. The number of likely N-dealkylation sites (tertiary alicyclic amines) is 1. The van der Waals surface area contributed by atoms with E-state index < -0.39 is 11.5 Å². The van der Waals surface area contributed by atoms with Gasteiger partial charge in [0.2, 0.25) is 0 Å². The van der Waals surface area contributed by atoms with Gasteiger partial charge in [0, 0.05) is 18.5 Å². The van der Waals surface area contributed by atoms with Crippen LogP contribution in [0.2, 0.25) is 0 Å². The van der Waals surface area contributed by atoms with Gasteiger partial charge in [0.05, 0.1) is 5.41 Å². The highest BCUT2D eigenvalue weighted by Crippen LogP contribution is 2.73. The van der Waals surface area contributed by atoms with Crippen molar-refractivity contribution in [3.8, 4) is 0 Å². The smallest absolute Gasteiger partial charge is 0.407 e. The first-order valence-corrected chi connectivity index (χ1v) is 4.63. The van der Waals surface area contributed by atoms with Crippen LogP contribution in [0.4, 0.5) is 9.18 Å². The molecule has 1 saturated carbocycles. The Morgan fingerprint density at radius 2 is 2.36 bits per heavy atom. The summed E-state index contributed by atoms with van der Waals surface area (Å²) in [5.74, 6) is -0.149. The molecule has 2 fully saturated rings. The number of amides is 1. The van der Waals surface area contributed by atoms with Gasteiger partial charge in [-0.1, -0.05) is 12.2 Å². The molecule has 0 aromatic carbocycles. The zero-order valence-electron chi connectivity index (χ0n) is 7.53. The van der Waals surface area contributed by atoms with E-state index in [1.807, 2.05) is 6.08 Å². The quantitative estimate of drug-likeness (QED) is 0.640. The molecule has 0 aromatic heterocycles. The normalized spacial score (nSPS) is 42.9. The second-order valence-corrected chi connectivity index (χ2v) is 4.43. The van der Waals surface area contributed by atoms with Crippen LogP contribution < -0.4 is 0 Å². The fraction of sp³-hybridized carbons (Fsp3) is 0.500. The van der Waals surface area contributed by atoms with E-state index in [1.165, 1.54) is 11.0 Å². The summed E-state index contributed by atoms with van der Waals surface area (Å²) in [7, 11) is 0. The summed E-state index contributed by atoms with van der Waals surface area (Å²) in [4.78, 5) is 12.1. The zero-order chi connectivity index (χ0) is 9.97. The van der Waals surface area contributed by atoms with Gasteiger partial charge in [0.1, 0.15) is 5.83 Å². The lowest BCUT2D eigenvalue weighted by molar-refractivity contribution is 0.147. The molecule has 74 valence electrons. The number of rotatable bonds is 0. The minimum absolute atomic E-state index is 0.149. The molecule has 1 aliphatic heterocycles. The van der Waals surface area contributed by atoms with E-state index in [1.54, 1.807) is 6.08 Å². The highest BCUT2D eigenvalue weighted by atomic mass is 19.1. The first-order valence-electron chi connectivity index (χ1n) is 4.63. The molecular weight excluding hydrogens is 185 g/mol. The second-order valence-electron chi connectivity index (χ2n) is 4.43. The highest BCUT2D eigenvalue weighted by molar-refractivity contribution is 5.67. The Balaban J connectivity index is 1.98. The van der Waals surface area contributed by atoms with Crippen LogP contribution in [0.15, 0.2) is 24.1 Å². The SMILES string of the molecule is O=C(O)N1CC23C=CC=C(F)C2(C1)C3. The number of carboxylic acid groups (broad SMARTS) is 1. The van der Waals surface area contributed by atoms with E-state index in [9.17, 15) is 9.18 Å². The summed E-state index contributed by atoms with van der Waals surface area (Å²) < 4.78 is 13.6. The van der Waals surface area contributed by atoms with E-state index in [0.29, 0.717) is 13.1 Å². The van der Waals surface area contributed by atoms with Crippen molar-refractivity contribution in [2.75, 3.05) is 13.1 Å². The van der Waals surface area contributed by atoms with E-state index in [2.05, 4.69) is 0 Å². The molecular formula is C10H10FNO2. The van der Waals surface area contributed by atoms with E-state index >= 15 is 0 Å². The van der Waals surface area contributed by atoms with Gasteiger partial charge in [0.15, 0.2) is 0 Å². The number of piperidine rings is 1.